The van der Waals surface area contributed by atoms with Crippen LogP contribution >= 0.6 is 11.3 Å². The van der Waals surface area contributed by atoms with Gasteiger partial charge in [-0.15, -0.1) is 0 Å². The number of Topliss-reactive ketones (excluding diaryl/α,β-unsaturated/α-hetero) is 1. The van der Waals surface area contributed by atoms with Crippen molar-refractivity contribution >= 4 is 28.7 Å². The average molecular weight is 314 g/mol. The minimum absolute atomic E-state index is 0.0812. The van der Waals surface area contributed by atoms with Crippen molar-refractivity contribution in [2.45, 2.75) is 6.92 Å². The van der Waals surface area contributed by atoms with E-state index in [1.807, 2.05) is 46.0 Å². The molecule has 1 saturated heterocycles. The van der Waals surface area contributed by atoms with E-state index >= 15 is 0 Å². The Morgan fingerprint density at radius 2 is 1.64 bits per heavy atom. The lowest BCUT2D eigenvalue weighted by atomic mass is 10.1. The highest BCUT2D eigenvalue weighted by atomic mass is 32.1. The molecule has 0 unspecified atom stereocenters. The summed E-state index contributed by atoms with van der Waals surface area (Å²) in [5.74, 6) is 0.200. The summed E-state index contributed by atoms with van der Waals surface area (Å²) in [5, 5.41) is 3.83. The van der Waals surface area contributed by atoms with E-state index in [1.54, 1.807) is 18.3 Å². The number of ketones is 1. The third kappa shape index (κ3) is 3.04. The van der Waals surface area contributed by atoms with Crippen LogP contribution in [0.4, 0.5) is 5.69 Å². The van der Waals surface area contributed by atoms with Crippen LogP contribution in [0.25, 0.3) is 0 Å². The molecule has 1 amide bonds. The number of hydrogen-bond acceptors (Lipinski definition) is 4. The summed E-state index contributed by atoms with van der Waals surface area (Å²) in [6.07, 6.45) is 0. The first-order chi connectivity index (χ1) is 10.6. The molecule has 5 heteroatoms. The quantitative estimate of drug-likeness (QED) is 0.818. The highest BCUT2D eigenvalue weighted by molar-refractivity contribution is 7.08. The van der Waals surface area contributed by atoms with Crippen LogP contribution in [0.2, 0.25) is 0 Å². The summed E-state index contributed by atoms with van der Waals surface area (Å²) < 4.78 is 0. The fraction of sp³-hybridized carbons (Fsp3) is 0.294. The predicted octanol–water partition coefficient (Wildman–Crippen LogP) is 2.91. The van der Waals surface area contributed by atoms with Crippen molar-refractivity contribution in [2.75, 3.05) is 31.1 Å². The lowest BCUT2D eigenvalue weighted by Crippen LogP contribution is -2.48. The molecule has 4 nitrogen and oxygen atoms in total. The third-order valence-corrected chi connectivity index (χ3v) is 4.66. The van der Waals surface area contributed by atoms with Gasteiger partial charge in [0.1, 0.15) is 0 Å². The molecule has 1 aromatic carbocycles. The zero-order valence-corrected chi connectivity index (χ0v) is 13.3. The van der Waals surface area contributed by atoms with E-state index in [4.69, 9.17) is 0 Å². The predicted molar refractivity (Wildman–Crippen MR) is 88.9 cm³/mol. The summed E-state index contributed by atoms with van der Waals surface area (Å²) >= 11 is 1.55. The van der Waals surface area contributed by atoms with Crippen LogP contribution in [-0.4, -0.2) is 42.8 Å². The summed E-state index contributed by atoms with van der Waals surface area (Å²) in [5.41, 5.74) is 2.62. The van der Waals surface area contributed by atoms with Crippen molar-refractivity contribution < 1.29 is 9.59 Å². The number of benzene rings is 1. The third-order valence-electron chi connectivity index (χ3n) is 3.97. The van der Waals surface area contributed by atoms with Crippen LogP contribution in [0.5, 0.6) is 0 Å². The average Bonchev–Trinajstić information content (AvgIpc) is 3.09. The van der Waals surface area contributed by atoms with Crippen molar-refractivity contribution in [3.05, 3.63) is 52.2 Å². The Kier molecular flexibility index (Phi) is 4.24. The molecule has 3 rings (SSSR count). The molecule has 2 aromatic rings. The zero-order chi connectivity index (χ0) is 15.5. The van der Waals surface area contributed by atoms with Gasteiger partial charge in [0.25, 0.3) is 5.91 Å². The molecule has 114 valence electrons. The van der Waals surface area contributed by atoms with Gasteiger partial charge in [-0.3, -0.25) is 9.59 Å². The van der Waals surface area contributed by atoms with E-state index in [0.717, 1.165) is 43.0 Å². The molecule has 0 aliphatic carbocycles. The number of anilines is 1. The second kappa shape index (κ2) is 6.32. The van der Waals surface area contributed by atoms with Gasteiger partial charge in [-0.05, 0) is 42.6 Å². The second-order valence-corrected chi connectivity index (χ2v) is 6.17. The Morgan fingerprint density at radius 3 is 2.18 bits per heavy atom. The Hall–Kier alpha value is -2.14. The van der Waals surface area contributed by atoms with E-state index in [2.05, 4.69) is 4.90 Å². The first kappa shape index (κ1) is 14.8. The van der Waals surface area contributed by atoms with E-state index in [0.29, 0.717) is 0 Å². The maximum atomic E-state index is 12.3. The molecule has 22 heavy (non-hydrogen) atoms. The van der Waals surface area contributed by atoms with Gasteiger partial charge in [-0.1, -0.05) is 0 Å². The molecule has 0 radical (unpaired) electrons. The summed E-state index contributed by atoms with van der Waals surface area (Å²) in [7, 11) is 0. The standard InChI is InChI=1S/C17H18N2O2S/c1-13(20)14-2-4-16(5-3-14)18-7-9-19(10-8-18)17(21)15-6-11-22-12-15/h2-6,11-12H,7-10H2,1H3. The van der Waals surface area contributed by atoms with Crippen LogP contribution in [0.15, 0.2) is 41.1 Å². The molecule has 1 aliphatic rings. The number of amides is 1. The number of hydrogen-bond donors (Lipinski definition) is 0. The lowest BCUT2D eigenvalue weighted by Gasteiger charge is -2.36. The van der Waals surface area contributed by atoms with Gasteiger partial charge in [0.2, 0.25) is 0 Å². The molecule has 2 heterocycles. The molecule has 0 N–H and O–H groups in total. The Bertz CT molecular complexity index is 656. The minimum Gasteiger partial charge on any atom is -0.368 e. The summed E-state index contributed by atoms with van der Waals surface area (Å²) in [4.78, 5) is 27.8. The van der Waals surface area contributed by atoms with Gasteiger partial charge < -0.3 is 9.80 Å². The van der Waals surface area contributed by atoms with Gasteiger partial charge >= 0.3 is 0 Å². The molecule has 0 spiro atoms. The number of thiophene rings is 1. The molecule has 0 bridgehead atoms. The maximum absolute atomic E-state index is 12.3. The van der Waals surface area contributed by atoms with Crippen molar-refractivity contribution in [3.8, 4) is 0 Å². The van der Waals surface area contributed by atoms with E-state index in [1.165, 1.54) is 0 Å². The fourth-order valence-corrected chi connectivity index (χ4v) is 3.27. The van der Waals surface area contributed by atoms with E-state index in [-0.39, 0.29) is 11.7 Å². The molecular formula is C17H18N2O2S. The van der Waals surface area contributed by atoms with E-state index in [9.17, 15) is 9.59 Å². The van der Waals surface area contributed by atoms with Crippen LogP contribution < -0.4 is 4.90 Å². The SMILES string of the molecule is CC(=O)c1ccc(N2CCN(C(=O)c3ccsc3)CC2)cc1. The van der Waals surface area contributed by atoms with Gasteiger partial charge in [-0.2, -0.15) is 11.3 Å². The van der Waals surface area contributed by atoms with Crippen LogP contribution in [-0.2, 0) is 0 Å². The molecule has 1 fully saturated rings. The van der Waals surface area contributed by atoms with Gasteiger partial charge in [0.05, 0.1) is 5.56 Å². The van der Waals surface area contributed by atoms with Crippen LogP contribution in [0.3, 0.4) is 0 Å². The number of nitrogens with zero attached hydrogens (tertiary/aromatic N) is 2. The summed E-state index contributed by atoms with van der Waals surface area (Å²) in [6.45, 7) is 4.65. The van der Waals surface area contributed by atoms with Gasteiger partial charge in [-0.25, -0.2) is 0 Å². The number of carbonyl (C=O) groups is 2. The first-order valence-electron chi connectivity index (χ1n) is 7.32. The van der Waals surface area contributed by atoms with Crippen molar-refractivity contribution in [3.63, 3.8) is 0 Å². The van der Waals surface area contributed by atoms with E-state index < -0.39 is 0 Å². The Balaban J connectivity index is 1.62. The minimum atomic E-state index is 0.0812. The van der Waals surface area contributed by atoms with Gasteiger partial charge in [0, 0.05) is 42.8 Å². The monoisotopic (exact) mass is 314 g/mol. The lowest BCUT2D eigenvalue weighted by molar-refractivity contribution is 0.0747. The largest absolute Gasteiger partial charge is 0.368 e. The first-order valence-corrected chi connectivity index (χ1v) is 8.27. The maximum Gasteiger partial charge on any atom is 0.254 e. The Morgan fingerprint density at radius 1 is 0.955 bits per heavy atom. The fourth-order valence-electron chi connectivity index (χ4n) is 2.64. The van der Waals surface area contributed by atoms with Crippen molar-refractivity contribution in [2.24, 2.45) is 0 Å². The van der Waals surface area contributed by atoms with Crippen LogP contribution in [0.1, 0.15) is 27.6 Å². The number of carbonyl (C=O) groups excluding carboxylic acids is 2. The molecule has 0 atom stereocenters. The Labute approximate surface area is 134 Å². The van der Waals surface area contributed by atoms with Crippen molar-refractivity contribution in [1.29, 1.82) is 0 Å². The zero-order valence-electron chi connectivity index (χ0n) is 12.5. The normalized spacial score (nSPS) is 15.0. The second-order valence-electron chi connectivity index (χ2n) is 5.39. The smallest absolute Gasteiger partial charge is 0.254 e. The highest BCUT2D eigenvalue weighted by Gasteiger charge is 2.22. The molecular weight excluding hydrogens is 296 g/mol. The number of rotatable bonds is 3. The molecule has 1 aliphatic heterocycles. The number of piperazine rings is 1. The molecule has 1 aromatic heterocycles. The molecule has 0 saturated carbocycles. The topological polar surface area (TPSA) is 40.6 Å². The van der Waals surface area contributed by atoms with Gasteiger partial charge in [0.15, 0.2) is 5.78 Å². The van der Waals surface area contributed by atoms with Crippen molar-refractivity contribution in [1.82, 2.24) is 4.90 Å². The summed E-state index contributed by atoms with van der Waals surface area (Å²) in [6, 6.07) is 9.56. The van der Waals surface area contributed by atoms with Crippen LogP contribution in [0, 0.1) is 0 Å². The highest BCUT2D eigenvalue weighted by Crippen LogP contribution is 2.19.